The van der Waals surface area contributed by atoms with Gasteiger partial charge in [-0.05, 0) is 37.2 Å². The number of methoxy groups -OCH3 is 1. The van der Waals surface area contributed by atoms with Crippen LogP contribution in [0.25, 0.3) is 0 Å². The average molecular weight is 261 g/mol. The second-order valence-electron chi connectivity index (χ2n) is 5.38. The first kappa shape index (κ1) is 14.1. The topological polar surface area (TPSA) is 38.3 Å². The minimum Gasteiger partial charge on any atom is -0.384 e. The lowest BCUT2D eigenvalue weighted by molar-refractivity contribution is -0.122. The van der Waals surface area contributed by atoms with Gasteiger partial charge in [0.25, 0.3) is 0 Å². The Morgan fingerprint density at radius 1 is 1.32 bits per heavy atom. The highest BCUT2D eigenvalue weighted by Gasteiger charge is 2.25. The number of amides is 1. The van der Waals surface area contributed by atoms with Gasteiger partial charge in [0.1, 0.15) is 0 Å². The van der Waals surface area contributed by atoms with Crippen LogP contribution in [0.1, 0.15) is 31.2 Å². The van der Waals surface area contributed by atoms with Gasteiger partial charge in [-0.3, -0.25) is 4.79 Å². The van der Waals surface area contributed by atoms with Crippen molar-refractivity contribution in [1.29, 1.82) is 0 Å². The smallest absolute Gasteiger partial charge is 0.222 e. The highest BCUT2D eigenvalue weighted by atomic mass is 16.5. The van der Waals surface area contributed by atoms with Crippen molar-refractivity contribution in [2.45, 2.75) is 38.1 Å². The van der Waals surface area contributed by atoms with Gasteiger partial charge in [-0.15, -0.1) is 0 Å². The van der Waals surface area contributed by atoms with Crippen LogP contribution in [0.5, 0.6) is 0 Å². The first-order valence-corrected chi connectivity index (χ1v) is 7.10. The number of carbonyl (C=O) groups excluding carboxylic acids is 1. The lowest BCUT2D eigenvalue weighted by atomic mass is 9.98. The molecule has 1 saturated carbocycles. The van der Waals surface area contributed by atoms with Crippen molar-refractivity contribution in [3.63, 3.8) is 0 Å². The molecule has 2 rings (SSSR count). The van der Waals surface area contributed by atoms with E-state index in [-0.39, 0.29) is 5.91 Å². The lowest BCUT2D eigenvalue weighted by Gasteiger charge is -2.13. The van der Waals surface area contributed by atoms with E-state index in [2.05, 4.69) is 35.6 Å². The van der Waals surface area contributed by atoms with Gasteiger partial charge < -0.3 is 10.1 Å². The van der Waals surface area contributed by atoms with E-state index in [0.29, 0.717) is 25.0 Å². The molecule has 0 aliphatic heterocycles. The number of ether oxygens (including phenoxy) is 1. The summed E-state index contributed by atoms with van der Waals surface area (Å²) in [5.74, 6) is 0.822. The Kier molecular flexibility index (Phi) is 5.40. The molecule has 0 spiro atoms. The number of rotatable bonds is 6. The molecule has 0 heterocycles. The molecule has 1 aliphatic rings. The van der Waals surface area contributed by atoms with Crippen LogP contribution in [0.15, 0.2) is 30.3 Å². The Morgan fingerprint density at radius 3 is 2.84 bits per heavy atom. The fourth-order valence-electron chi connectivity index (χ4n) is 2.83. The molecule has 0 radical (unpaired) electrons. The quantitative estimate of drug-likeness (QED) is 0.854. The van der Waals surface area contributed by atoms with E-state index in [9.17, 15) is 4.79 Å². The number of hydrogen-bond donors (Lipinski definition) is 1. The van der Waals surface area contributed by atoms with Gasteiger partial charge in [0.05, 0.1) is 6.61 Å². The Balaban J connectivity index is 1.72. The normalized spacial score (nSPS) is 22.4. The molecule has 0 saturated heterocycles. The van der Waals surface area contributed by atoms with Crippen molar-refractivity contribution in [1.82, 2.24) is 5.32 Å². The third-order valence-electron chi connectivity index (χ3n) is 3.81. The fraction of sp³-hybridized carbons (Fsp3) is 0.562. The second-order valence-corrected chi connectivity index (χ2v) is 5.38. The molecule has 2 atom stereocenters. The molecule has 19 heavy (non-hydrogen) atoms. The number of hydrogen-bond acceptors (Lipinski definition) is 2. The molecule has 0 aromatic heterocycles. The maximum absolute atomic E-state index is 11.6. The minimum atomic E-state index is 0.118. The van der Waals surface area contributed by atoms with Gasteiger partial charge in [0, 0.05) is 19.6 Å². The van der Waals surface area contributed by atoms with Crippen LogP contribution < -0.4 is 5.32 Å². The first-order chi connectivity index (χ1) is 9.28. The molecule has 1 aromatic rings. The summed E-state index contributed by atoms with van der Waals surface area (Å²) in [5.41, 5.74) is 1.40. The molecule has 1 aromatic carbocycles. The first-order valence-electron chi connectivity index (χ1n) is 7.10. The lowest BCUT2D eigenvalue weighted by Crippen LogP contribution is -2.33. The predicted molar refractivity (Wildman–Crippen MR) is 75.9 cm³/mol. The fourth-order valence-corrected chi connectivity index (χ4v) is 2.83. The van der Waals surface area contributed by atoms with Crippen molar-refractivity contribution < 1.29 is 9.53 Å². The van der Waals surface area contributed by atoms with Crippen LogP contribution in [-0.2, 0) is 16.0 Å². The SMILES string of the molecule is COCCC(=O)N[C@@H]1CC[C@H](Cc2ccccc2)C1. The largest absolute Gasteiger partial charge is 0.384 e. The Morgan fingerprint density at radius 2 is 2.11 bits per heavy atom. The molecule has 3 nitrogen and oxygen atoms in total. The van der Waals surface area contributed by atoms with Crippen molar-refractivity contribution in [3.05, 3.63) is 35.9 Å². The summed E-state index contributed by atoms with van der Waals surface area (Å²) < 4.78 is 4.92. The number of nitrogens with one attached hydrogen (secondary N) is 1. The Labute approximate surface area is 115 Å². The highest BCUT2D eigenvalue weighted by Crippen LogP contribution is 2.28. The average Bonchev–Trinajstić information content (AvgIpc) is 2.85. The van der Waals surface area contributed by atoms with E-state index in [1.54, 1.807) is 7.11 Å². The molecule has 1 amide bonds. The summed E-state index contributed by atoms with van der Waals surface area (Å²) in [6.45, 7) is 0.506. The van der Waals surface area contributed by atoms with Crippen LogP contribution in [0, 0.1) is 5.92 Å². The maximum atomic E-state index is 11.6. The van der Waals surface area contributed by atoms with Crippen molar-refractivity contribution in [3.8, 4) is 0 Å². The summed E-state index contributed by atoms with van der Waals surface area (Å²) in [5, 5.41) is 3.11. The Bertz CT molecular complexity index is 391. The zero-order chi connectivity index (χ0) is 13.5. The maximum Gasteiger partial charge on any atom is 0.222 e. The summed E-state index contributed by atoms with van der Waals surface area (Å²) in [6, 6.07) is 11.0. The van der Waals surface area contributed by atoms with E-state index < -0.39 is 0 Å². The van der Waals surface area contributed by atoms with Gasteiger partial charge in [0.15, 0.2) is 0 Å². The standard InChI is InChI=1S/C16H23NO2/c1-19-10-9-16(18)17-15-8-7-14(12-15)11-13-5-3-2-4-6-13/h2-6,14-15H,7-12H2,1H3,(H,17,18)/t14-,15-/m1/s1. The van der Waals surface area contributed by atoms with Gasteiger partial charge in [0.2, 0.25) is 5.91 Å². The molecular weight excluding hydrogens is 238 g/mol. The molecule has 3 heteroatoms. The van der Waals surface area contributed by atoms with Gasteiger partial charge >= 0.3 is 0 Å². The molecule has 0 unspecified atom stereocenters. The van der Waals surface area contributed by atoms with Crippen LogP contribution in [-0.4, -0.2) is 25.7 Å². The third kappa shape index (κ3) is 4.67. The highest BCUT2D eigenvalue weighted by molar-refractivity contribution is 5.76. The number of carbonyl (C=O) groups is 1. The third-order valence-corrected chi connectivity index (χ3v) is 3.81. The minimum absolute atomic E-state index is 0.118. The molecule has 0 bridgehead atoms. The van der Waals surface area contributed by atoms with E-state index in [1.165, 1.54) is 12.0 Å². The van der Waals surface area contributed by atoms with Crippen LogP contribution in [0.2, 0.25) is 0 Å². The summed E-state index contributed by atoms with van der Waals surface area (Å²) in [6.07, 6.45) is 5.02. The molecule has 1 fully saturated rings. The molecule has 104 valence electrons. The van der Waals surface area contributed by atoms with Crippen molar-refractivity contribution in [2.75, 3.05) is 13.7 Å². The van der Waals surface area contributed by atoms with Crippen molar-refractivity contribution in [2.24, 2.45) is 5.92 Å². The van der Waals surface area contributed by atoms with E-state index in [1.807, 2.05) is 0 Å². The zero-order valence-corrected chi connectivity index (χ0v) is 11.6. The monoisotopic (exact) mass is 261 g/mol. The molecular formula is C16H23NO2. The summed E-state index contributed by atoms with van der Waals surface area (Å²) in [4.78, 5) is 11.6. The van der Waals surface area contributed by atoms with E-state index in [4.69, 9.17) is 4.74 Å². The second kappa shape index (κ2) is 7.29. The van der Waals surface area contributed by atoms with E-state index >= 15 is 0 Å². The van der Waals surface area contributed by atoms with E-state index in [0.717, 1.165) is 19.3 Å². The van der Waals surface area contributed by atoms with Crippen molar-refractivity contribution >= 4 is 5.91 Å². The number of benzene rings is 1. The van der Waals surface area contributed by atoms with Gasteiger partial charge in [-0.25, -0.2) is 0 Å². The van der Waals surface area contributed by atoms with Gasteiger partial charge in [-0.2, -0.15) is 0 Å². The zero-order valence-electron chi connectivity index (χ0n) is 11.6. The van der Waals surface area contributed by atoms with Crippen LogP contribution >= 0.6 is 0 Å². The molecule has 1 aliphatic carbocycles. The summed E-state index contributed by atoms with van der Waals surface area (Å²) in [7, 11) is 1.62. The predicted octanol–water partition coefficient (Wildman–Crippen LogP) is 2.55. The molecule has 1 N–H and O–H groups in total. The van der Waals surface area contributed by atoms with Crippen LogP contribution in [0.3, 0.4) is 0 Å². The van der Waals surface area contributed by atoms with Crippen LogP contribution in [0.4, 0.5) is 0 Å². The Hall–Kier alpha value is -1.35. The summed E-state index contributed by atoms with van der Waals surface area (Å²) >= 11 is 0. The van der Waals surface area contributed by atoms with Gasteiger partial charge in [-0.1, -0.05) is 30.3 Å².